The Morgan fingerprint density at radius 1 is 1.43 bits per heavy atom. The third-order valence-corrected chi connectivity index (χ3v) is 3.68. The van der Waals surface area contributed by atoms with Gasteiger partial charge in [-0.1, -0.05) is 0 Å². The molecule has 0 atom stereocenters. The van der Waals surface area contributed by atoms with Crippen LogP contribution in [0.3, 0.4) is 0 Å². The summed E-state index contributed by atoms with van der Waals surface area (Å²) >= 11 is 0. The number of furan rings is 1. The third-order valence-electron chi connectivity index (χ3n) is 3.68. The van der Waals surface area contributed by atoms with Crippen LogP contribution in [0.1, 0.15) is 18.6 Å². The fourth-order valence-corrected chi connectivity index (χ4v) is 2.54. The second kappa shape index (κ2) is 10.0. The molecule has 1 aliphatic rings. The van der Waals surface area contributed by atoms with Gasteiger partial charge in [0.15, 0.2) is 5.96 Å². The number of guanidine groups is 1. The van der Waals surface area contributed by atoms with Gasteiger partial charge in [-0.3, -0.25) is 4.99 Å². The highest BCUT2D eigenvalue weighted by molar-refractivity contribution is 14.0. The van der Waals surface area contributed by atoms with Crippen molar-refractivity contribution in [2.75, 3.05) is 40.4 Å². The lowest BCUT2D eigenvalue weighted by Crippen LogP contribution is -2.42. The predicted octanol–water partition coefficient (Wildman–Crippen LogP) is 2.37. The molecule has 1 aliphatic heterocycles. The molecule has 1 N–H and O–H groups in total. The number of halogens is 1. The van der Waals surface area contributed by atoms with Crippen molar-refractivity contribution in [2.45, 2.75) is 19.3 Å². The summed E-state index contributed by atoms with van der Waals surface area (Å²) < 4.78 is 10.7. The van der Waals surface area contributed by atoms with Crippen LogP contribution in [-0.2, 0) is 11.2 Å². The first-order chi connectivity index (χ1) is 9.79. The molecule has 0 aromatic carbocycles. The molecule has 0 amide bonds. The van der Waals surface area contributed by atoms with Crippen LogP contribution in [0.2, 0.25) is 0 Å². The first-order valence-electron chi connectivity index (χ1n) is 7.31. The number of hydrogen-bond donors (Lipinski definition) is 1. The molecule has 1 fully saturated rings. The van der Waals surface area contributed by atoms with Gasteiger partial charge in [0.05, 0.1) is 6.26 Å². The lowest BCUT2D eigenvalue weighted by atomic mass is 10.00. The predicted molar refractivity (Wildman–Crippen MR) is 95.4 cm³/mol. The Labute approximate surface area is 144 Å². The Morgan fingerprint density at radius 3 is 2.81 bits per heavy atom. The summed E-state index contributed by atoms with van der Waals surface area (Å²) in [5.41, 5.74) is 0. The van der Waals surface area contributed by atoms with Crippen LogP contribution < -0.4 is 5.32 Å². The number of nitrogens with zero attached hydrogens (tertiary/aromatic N) is 2. The zero-order valence-corrected chi connectivity index (χ0v) is 15.2. The number of ether oxygens (including phenoxy) is 1. The molecule has 120 valence electrons. The molecule has 21 heavy (non-hydrogen) atoms. The molecule has 0 aliphatic carbocycles. The SMILES string of the molecule is CN=C(NCCc1ccco1)N(C)CC1CCOCC1.I. The second-order valence-corrected chi connectivity index (χ2v) is 5.24. The number of rotatable bonds is 5. The Bertz CT molecular complexity index is 403. The summed E-state index contributed by atoms with van der Waals surface area (Å²) in [7, 11) is 3.92. The van der Waals surface area contributed by atoms with E-state index in [2.05, 4.69) is 22.3 Å². The van der Waals surface area contributed by atoms with E-state index in [1.807, 2.05) is 19.2 Å². The van der Waals surface area contributed by atoms with Crippen LogP contribution in [0.4, 0.5) is 0 Å². The van der Waals surface area contributed by atoms with Crippen molar-refractivity contribution in [1.82, 2.24) is 10.2 Å². The lowest BCUT2D eigenvalue weighted by Gasteiger charge is -2.29. The Balaban J connectivity index is 0.00000220. The molecular formula is C15H26IN3O2. The summed E-state index contributed by atoms with van der Waals surface area (Å²) in [5, 5.41) is 3.38. The fraction of sp³-hybridized carbons (Fsp3) is 0.667. The minimum absolute atomic E-state index is 0. The highest BCUT2D eigenvalue weighted by Gasteiger charge is 2.17. The molecule has 2 heterocycles. The minimum Gasteiger partial charge on any atom is -0.469 e. The zero-order valence-electron chi connectivity index (χ0n) is 12.9. The van der Waals surface area contributed by atoms with E-state index >= 15 is 0 Å². The van der Waals surface area contributed by atoms with Crippen molar-refractivity contribution in [2.24, 2.45) is 10.9 Å². The van der Waals surface area contributed by atoms with Crippen molar-refractivity contribution in [3.63, 3.8) is 0 Å². The number of nitrogens with one attached hydrogen (secondary N) is 1. The summed E-state index contributed by atoms with van der Waals surface area (Å²) in [6.07, 6.45) is 4.88. The standard InChI is InChI=1S/C15H25N3O2.HI/c1-16-15(17-8-5-14-4-3-9-20-14)18(2)12-13-6-10-19-11-7-13;/h3-4,9,13H,5-8,10-12H2,1-2H3,(H,16,17);1H. The summed E-state index contributed by atoms with van der Waals surface area (Å²) in [6.45, 7) is 3.65. The summed E-state index contributed by atoms with van der Waals surface area (Å²) in [6, 6.07) is 3.91. The maximum absolute atomic E-state index is 5.40. The molecule has 0 spiro atoms. The van der Waals surface area contributed by atoms with Gasteiger partial charge in [-0.05, 0) is 30.9 Å². The van der Waals surface area contributed by atoms with Gasteiger partial charge < -0.3 is 19.4 Å². The molecule has 1 saturated heterocycles. The van der Waals surface area contributed by atoms with Crippen molar-refractivity contribution >= 4 is 29.9 Å². The first kappa shape index (κ1) is 18.3. The van der Waals surface area contributed by atoms with E-state index in [4.69, 9.17) is 9.15 Å². The minimum atomic E-state index is 0. The average molecular weight is 407 g/mol. The van der Waals surface area contributed by atoms with Gasteiger partial charge in [0.1, 0.15) is 5.76 Å². The van der Waals surface area contributed by atoms with Gasteiger partial charge in [-0.2, -0.15) is 0 Å². The third kappa shape index (κ3) is 6.25. The zero-order chi connectivity index (χ0) is 14.2. The van der Waals surface area contributed by atoms with Gasteiger partial charge in [-0.15, -0.1) is 24.0 Å². The van der Waals surface area contributed by atoms with Gasteiger partial charge in [-0.25, -0.2) is 0 Å². The van der Waals surface area contributed by atoms with E-state index in [9.17, 15) is 0 Å². The van der Waals surface area contributed by atoms with E-state index in [0.29, 0.717) is 5.92 Å². The molecule has 1 aromatic rings. The molecule has 0 radical (unpaired) electrons. The van der Waals surface area contributed by atoms with E-state index in [1.165, 1.54) is 0 Å². The van der Waals surface area contributed by atoms with Gasteiger partial charge in [0.25, 0.3) is 0 Å². The summed E-state index contributed by atoms with van der Waals surface area (Å²) in [5.74, 6) is 2.65. The second-order valence-electron chi connectivity index (χ2n) is 5.24. The van der Waals surface area contributed by atoms with E-state index in [1.54, 1.807) is 6.26 Å². The average Bonchev–Trinajstić information content (AvgIpc) is 2.98. The van der Waals surface area contributed by atoms with Gasteiger partial charge in [0, 0.05) is 46.8 Å². The number of hydrogen-bond acceptors (Lipinski definition) is 3. The van der Waals surface area contributed by atoms with Crippen molar-refractivity contribution < 1.29 is 9.15 Å². The Hall–Kier alpha value is -0.760. The van der Waals surface area contributed by atoms with Crippen LogP contribution in [0.25, 0.3) is 0 Å². The molecule has 1 aromatic heterocycles. The van der Waals surface area contributed by atoms with E-state index in [-0.39, 0.29) is 24.0 Å². The van der Waals surface area contributed by atoms with E-state index < -0.39 is 0 Å². The van der Waals surface area contributed by atoms with Crippen LogP contribution in [-0.4, -0.2) is 51.3 Å². The highest BCUT2D eigenvalue weighted by Crippen LogP contribution is 2.15. The van der Waals surface area contributed by atoms with Gasteiger partial charge >= 0.3 is 0 Å². The van der Waals surface area contributed by atoms with Crippen LogP contribution in [0.15, 0.2) is 27.8 Å². The topological polar surface area (TPSA) is 50.0 Å². The summed E-state index contributed by atoms with van der Waals surface area (Å²) in [4.78, 5) is 6.55. The lowest BCUT2D eigenvalue weighted by molar-refractivity contribution is 0.0610. The fourth-order valence-electron chi connectivity index (χ4n) is 2.54. The molecule has 0 bridgehead atoms. The molecule has 0 saturated carbocycles. The highest BCUT2D eigenvalue weighted by atomic mass is 127. The van der Waals surface area contributed by atoms with Crippen molar-refractivity contribution in [3.05, 3.63) is 24.2 Å². The van der Waals surface area contributed by atoms with E-state index in [0.717, 1.165) is 57.3 Å². The normalized spacial score (nSPS) is 16.4. The Kier molecular flexibility index (Phi) is 8.75. The first-order valence-corrected chi connectivity index (χ1v) is 7.31. The van der Waals surface area contributed by atoms with Crippen LogP contribution in [0.5, 0.6) is 0 Å². The Morgan fingerprint density at radius 2 is 2.19 bits per heavy atom. The molecule has 5 nitrogen and oxygen atoms in total. The van der Waals surface area contributed by atoms with Crippen LogP contribution >= 0.6 is 24.0 Å². The van der Waals surface area contributed by atoms with Crippen molar-refractivity contribution in [1.29, 1.82) is 0 Å². The number of aliphatic imine (C=N–C) groups is 1. The molecular weight excluding hydrogens is 381 g/mol. The monoisotopic (exact) mass is 407 g/mol. The maximum Gasteiger partial charge on any atom is 0.193 e. The van der Waals surface area contributed by atoms with Crippen LogP contribution in [0, 0.1) is 5.92 Å². The molecule has 6 heteroatoms. The quantitative estimate of drug-likeness (QED) is 0.463. The smallest absolute Gasteiger partial charge is 0.193 e. The largest absolute Gasteiger partial charge is 0.469 e. The maximum atomic E-state index is 5.40. The molecule has 2 rings (SSSR count). The van der Waals surface area contributed by atoms with Crippen molar-refractivity contribution in [3.8, 4) is 0 Å². The van der Waals surface area contributed by atoms with Gasteiger partial charge in [0.2, 0.25) is 0 Å². The molecule has 0 unspecified atom stereocenters.